The van der Waals surface area contributed by atoms with E-state index >= 15 is 0 Å². The molecule has 1 saturated carbocycles. The van der Waals surface area contributed by atoms with Crippen molar-refractivity contribution in [3.63, 3.8) is 0 Å². The van der Waals surface area contributed by atoms with E-state index in [-0.39, 0.29) is 0 Å². The molecule has 2 nitrogen and oxygen atoms in total. The average molecular weight is 295 g/mol. The SMILES string of the molecule is CCCCCCCC(CN)N1CCC2(CCCCC2)CC1. The number of hydrogen-bond acceptors (Lipinski definition) is 2. The lowest BCUT2D eigenvalue weighted by molar-refractivity contribution is 0.0441. The summed E-state index contributed by atoms with van der Waals surface area (Å²) in [7, 11) is 0. The van der Waals surface area contributed by atoms with Gasteiger partial charge in [-0.3, -0.25) is 4.90 Å². The molecule has 1 spiro atoms. The number of piperidine rings is 1. The molecule has 1 aliphatic carbocycles. The first-order valence-corrected chi connectivity index (χ1v) is 9.74. The van der Waals surface area contributed by atoms with Gasteiger partial charge in [0.15, 0.2) is 0 Å². The quantitative estimate of drug-likeness (QED) is 0.656. The van der Waals surface area contributed by atoms with Crippen LogP contribution in [-0.2, 0) is 0 Å². The Labute approximate surface area is 132 Å². The lowest BCUT2D eigenvalue weighted by Gasteiger charge is -2.46. The molecule has 0 aromatic heterocycles. The number of unbranched alkanes of at least 4 members (excludes halogenated alkanes) is 4. The highest BCUT2D eigenvalue weighted by Gasteiger charge is 2.36. The summed E-state index contributed by atoms with van der Waals surface area (Å²) < 4.78 is 0. The smallest absolute Gasteiger partial charge is 0.0218 e. The number of hydrogen-bond donors (Lipinski definition) is 1. The molecular formula is C19H38N2. The molecular weight excluding hydrogens is 256 g/mol. The van der Waals surface area contributed by atoms with Gasteiger partial charge in [0, 0.05) is 12.6 Å². The van der Waals surface area contributed by atoms with Gasteiger partial charge in [-0.05, 0) is 50.6 Å². The molecule has 0 aromatic carbocycles. The van der Waals surface area contributed by atoms with E-state index in [1.807, 2.05) is 0 Å². The Balaban J connectivity index is 1.68. The minimum Gasteiger partial charge on any atom is -0.329 e. The zero-order valence-corrected chi connectivity index (χ0v) is 14.4. The van der Waals surface area contributed by atoms with Crippen LogP contribution in [0.1, 0.15) is 90.4 Å². The average Bonchev–Trinajstić information content (AvgIpc) is 2.53. The second kappa shape index (κ2) is 9.15. The Kier molecular flexibility index (Phi) is 7.53. The summed E-state index contributed by atoms with van der Waals surface area (Å²) in [6, 6.07) is 0.660. The van der Waals surface area contributed by atoms with E-state index in [0.717, 1.165) is 12.0 Å². The zero-order chi connectivity index (χ0) is 15.0. The van der Waals surface area contributed by atoms with Gasteiger partial charge in [0.25, 0.3) is 0 Å². The predicted molar refractivity (Wildman–Crippen MR) is 92.5 cm³/mol. The molecule has 124 valence electrons. The second-order valence-electron chi connectivity index (χ2n) is 7.69. The molecule has 2 fully saturated rings. The van der Waals surface area contributed by atoms with E-state index in [9.17, 15) is 0 Å². The number of nitrogens with two attached hydrogens (primary N) is 1. The lowest BCUT2D eigenvalue weighted by atomic mass is 9.68. The zero-order valence-electron chi connectivity index (χ0n) is 14.4. The van der Waals surface area contributed by atoms with Gasteiger partial charge in [0.2, 0.25) is 0 Å². The molecule has 1 atom stereocenters. The van der Waals surface area contributed by atoms with Crippen LogP contribution >= 0.6 is 0 Å². The summed E-state index contributed by atoms with van der Waals surface area (Å²) in [5.74, 6) is 0. The van der Waals surface area contributed by atoms with Crippen LogP contribution < -0.4 is 5.73 Å². The first kappa shape index (κ1) is 17.3. The van der Waals surface area contributed by atoms with E-state index in [1.165, 1.54) is 96.6 Å². The fraction of sp³-hybridized carbons (Fsp3) is 1.00. The third kappa shape index (κ3) is 5.25. The molecule has 0 amide bonds. The van der Waals surface area contributed by atoms with Gasteiger partial charge < -0.3 is 5.73 Å². The van der Waals surface area contributed by atoms with Gasteiger partial charge >= 0.3 is 0 Å². The minimum atomic E-state index is 0.660. The Morgan fingerprint density at radius 2 is 1.57 bits per heavy atom. The van der Waals surface area contributed by atoms with Crippen LogP contribution in [0.3, 0.4) is 0 Å². The molecule has 1 saturated heterocycles. The molecule has 2 aliphatic rings. The third-order valence-corrected chi connectivity index (χ3v) is 6.20. The standard InChI is InChI=1S/C19H38N2/c1-2-3-4-5-7-10-18(17-20)21-15-13-19(14-16-21)11-8-6-9-12-19/h18H,2-17,20H2,1H3. The van der Waals surface area contributed by atoms with E-state index < -0.39 is 0 Å². The first-order chi connectivity index (χ1) is 10.3. The van der Waals surface area contributed by atoms with Gasteiger partial charge in [-0.25, -0.2) is 0 Å². The molecule has 2 N–H and O–H groups in total. The summed E-state index contributed by atoms with van der Waals surface area (Å²) in [6.07, 6.45) is 18.6. The van der Waals surface area contributed by atoms with Crippen LogP contribution in [-0.4, -0.2) is 30.6 Å². The van der Waals surface area contributed by atoms with E-state index in [1.54, 1.807) is 0 Å². The lowest BCUT2D eigenvalue weighted by Crippen LogP contribution is -2.48. The Bertz CT molecular complexity index is 261. The number of rotatable bonds is 8. The van der Waals surface area contributed by atoms with Crippen LogP contribution in [0.5, 0.6) is 0 Å². The van der Waals surface area contributed by atoms with Gasteiger partial charge in [0.05, 0.1) is 0 Å². The Morgan fingerprint density at radius 1 is 0.905 bits per heavy atom. The van der Waals surface area contributed by atoms with Crippen molar-refractivity contribution >= 4 is 0 Å². The largest absolute Gasteiger partial charge is 0.329 e. The van der Waals surface area contributed by atoms with Crippen molar-refractivity contribution < 1.29 is 0 Å². The fourth-order valence-corrected chi connectivity index (χ4v) is 4.60. The fourth-order valence-electron chi connectivity index (χ4n) is 4.60. The number of nitrogens with zero attached hydrogens (tertiary/aromatic N) is 1. The molecule has 0 aromatic rings. The Hall–Kier alpha value is -0.0800. The molecule has 0 bridgehead atoms. The molecule has 2 rings (SSSR count). The summed E-state index contributed by atoms with van der Waals surface area (Å²) in [5.41, 5.74) is 6.80. The molecule has 21 heavy (non-hydrogen) atoms. The second-order valence-corrected chi connectivity index (χ2v) is 7.69. The number of likely N-dealkylation sites (tertiary alicyclic amines) is 1. The van der Waals surface area contributed by atoms with Crippen LogP contribution in [0.4, 0.5) is 0 Å². The van der Waals surface area contributed by atoms with Gasteiger partial charge in [-0.2, -0.15) is 0 Å². The van der Waals surface area contributed by atoms with Crippen LogP contribution in [0.2, 0.25) is 0 Å². The van der Waals surface area contributed by atoms with E-state index in [2.05, 4.69) is 11.8 Å². The summed E-state index contributed by atoms with van der Waals surface area (Å²) in [4.78, 5) is 2.72. The van der Waals surface area contributed by atoms with Crippen LogP contribution in [0.25, 0.3) is 0 Å². The molecule has 1 unspecified atom stereocenters. The van der Waals surface area contributed by atoms with Gasteiger partial charge in [-0.15, -0.1) is 0 Å². The van der Waals surface area contributed by atoms with Gasteiger partial charge in [0.1, 0.15) is 0 Å². The predicted octanol–water partition coefficient (Wildman–Crippen LogP) is 4.72. The highest BCUT2D eigenvalue weighted by atomic mass is 15.2. The molecule has 0 radical (unpaired) electrons. The van der Waals surface area contributed by atoms with Crippen LogP contribution in [0.15, 0.2) is 0 Å². The third-order valence-electron chi connectivity index (χ3n) is 6.20. The van der Waals surface area contributed by atoms with Crippen molar-refractivity contribution in [3.05, 3.63) is 0 Å². The summed E-state index contributed by atoms with van der Waals surface area (Å²) in [5, 5.41) is 0. The van der Waals surface area contributed by atoms with Crippen molar-refractivity contribution in [2.24, 2.45) is 11.1 Å². The maximum absolute atomic E-state index is 6.07. The maximum Gasteiger partial charge on any atom is 0.0218 e. The van der Waals surface area contributed by atoms with Crippen molar-refractivity contribution in [1.82, 2.24) is 4.90 Å². The van der Waals surface area contributed by atoms with Crippen molar-refractivity contribution in [1.29, 1.82) is 0 Å². The molecule has 1 heterocycles. The van der Waals surface area contributed by atoms with E-state index in [0.29, 0.717) is 6.04 Å². The molecule has 2 heteroatoms. The van der Waals surface area contributed by atoms with Crippen molar-refractivity contribution in [2.45, 2.75) is 96.4 Å². The minimum absolute atomic E-state index is 0.660. The van der Waals surface area contributed by atoms with E-state index in [4.69, 9.17) is 5.73 Å². The normalized spacial score (nSPS) is 24.3. The van der Waals surface area contributed by atoms with Gasteiger partial charge in [-0.1, -0.05) is 58.3 Å². The van der Waals surface area contributed by atoms with Crippen molar-refractivity contribution in [3.8, 4) is 0 Å². The van der Waals surface area contributed by atoms with Crippen molar-refractivity contribution in [2.75, 3.05) is 19.6 Å². The highest BCUT2D eigenvalue weighted by Crippen LogP contribution is 2.44. The first-order valence-electron chi connectivity index (χ1n) is 9.74. The molecule has 1 aliphatic heterocycles. The summed E-state index contributed by atoms with van der Waals surface area (Å²) in [6.45, 7) is 5.78. The maximum atomic E-state index is 6.07. The monoisotopic (exact) mass is 294 g/mol. The highest BCUT2D eigenvalue weighted by molar-refractivity contribution is 4.90. The van der Waals surface area contributed by atoms with Crippen LogP contribution in [0, 0.1) is 5.41 Å². The topological polar surface area (TPSA) is 29.3 Å². The summed E-state index contributed by atoms with van der Waals surface area (Å²) >= 11 is 0. The Morgan fingerprint density at radius 3 is 2.19 bits per heavy atom.